The van der Waals surface area contributed by atoms with Crippen LogP contribution in [0.1, 0.15) is 52.5 Å². The number of thiazole rings is 1. The lowest BCUT2D eigenvalue weighted by Crippen LogP contribution is -2.41. The Hall–Kier alpha value is -2.01. The molecular formula is C24H28N4O3S3. The van der Waals surface area contributed by atoms with Crippen LogP contribution in [0.25, 0.3) is 10.2 Å². The molecule has 34 heavy (non-hydrogen) atoms. The summed E-state index contributed by atoms with van der Waals surface area (Å²) in [7, 11) is -4.49. The van der Waals surface area contributed by atoms with Crippen molar-refractivity contribution in [2.45, 2.75) is 73.5 Å². The second-order valence-electron chi connectivity index (χ2n) is 9.88. The molecule has 1 aliphatic heterocycles. The molecule has 7 nitrogen and oxygen atoms in total. The van der Waals surface area contributed by atoms with Gasteiger partial charge in [-0.3, -0.25) is 4.55 Å². The van der Waals surface area contributed by atoms with Gasteiger partial charge in [0.05, 0.1) is 10.2 Å². The van der Waals surface area contributed by atoms with Crippen molar-refractivity contribution in [3.63, 3.8) is 0 Å². The van der Waals surface area contributed by atoms with E-state index in [1.54, 1.807) is 12.1 Å². The van der Waals surface area contributed by atoms with Crippen molar-refractivity contribution in [2.75, 3.05) is 11.4 Å². The number of hydrogen-bond acceptors (Lipinski definition) is 8. The highest BCUT2D eigenvalue weighted by molar-refractivity contribution is 8.00. The molecule has 2 heterocycles. The first-order valence-corrected chi connectivity index (χ1v) is 14.6. The summed E-state index contributed by atoms with van der Waals surface area (Å²) in [6.07, 6.45) is 3.47. The summed E-state index contributed by atoms with van der Waals surface area (Å²) in [6.45, 7) is 9.25. The van der Waals surface area contributed by atoms with Gasteiger partial charge in [0.15, 0.2) is 0 Å². The van der Waals surface area contributed by atoms with Crippen LogP contribution in [-0.4, -0.2) is 35.8 Å². The highest BCUT2D eigenvalue weighted by Gasteiger charge is 2.34. The van der Waals surface area contributed by atoms with Crippen molar-refractivity contribution >= 4 is 59.9 Å². The van der Waals surface area contributed by atoms with Crippen molar-refractivity contribution in [2.24, 2.45) is 10.2 Å². The third-order valence-corrected chi connectivity index (χ3v) is 9.53. The molecule has 1 saturated carbocycles. The average Bonchev–Trinajstić information content (AvgIpc) is 3.47. The molecule has 1 fully saturated rings. The Kier molecular flexibility index (Phi) is 5.99. The van der Waals surface area contributed by atoms with E-state index < -0.39 is 10.1 Å². The summed E-state index contributed by atoms with van der Waals surface area (Å²) in [6, 6.07) is 9.69. The Morgan fingerprint density at radius 1 is 1.21 bits per heavy atom. The van der Waals surface area contributed by atoms with Crippen LogP contribution in [-0.2, 0) is 15.5 Å². The predicted molar refractivity (Wildman–Crippen MR) is 139 cm³/mol. The Balaban J connectivity index is 1.55. The van der Waals surface area contributed by atoms with E-state index >= 15 is 0 Å². The van der Waals surface area contributed by atoms with E-state index in [0.717, 1.165) is 39.7 Å². The monoisotopic (exact) mass is 516 g/mol. The van der Waals surface area contributed by atoms with Gasteiger partial charge in [0.25, 0.3) is 10.1 Å². The van der Waals surface area contributed by atoms with Crippen molar-refractivity contribution in [1.29, 1.82) is 0 Å². The third-order valence-electron chi connectivity index (χ3n) is 6.41. The van der Waals surface area contributed by atoms with Gasteiger partial charge in [0.1, 0.15) is 10.6 Å². The molecule has 180 valence electrons. The van der Waals surface area contributed by atoms with Crippen LogP contribution >= 0.6 is 23.1 Å². The Morgan fingerprint density at radius 2 is 1.97 bits per heavy atom. The third kappa shape index (κ3) is 4.73. The van der Waals surface area contributed by atoms with Crippen LogP contribution in [0.3, 0.4) is 0 Å². The van der Waals surface area contributed by atoms with E-state index in [9.17, 15) is 13.0 Å². The van der Waals surface area contributed by atoms with Gasteiger partial charge in [-0.1, -0.05) is 25.2 Å². The fourth-order valence-electron chi connectivity index (χ4n) is 4.30. The van der Waals surface area contributed by atoms with Crippen LogP contribution < -0.4 is 4.90 Å². The topological polar surface area (TPSA) is 95.2 Å². The number of aromatic nitrogens is 1. The van der Waals surface area contributed by atoms with E-state index in [1.807, 2.05) is 17.8 Å². The lowest BCUT2D eigenvalue weighted by Gasteiger charge is -2.42. The maximum atomic E-state index is 12.3. The van der Waals surface area contributed by atoms with Gasteiger partial charge in [0, 0.05) is 28.4 Å². The zero-order chi connectivity index (χ0) is 24.3. The number of rotatable bonds is 6. The van der Waals surface area contributed by atoms with Crippen LogP contribution in [0.4, 0.5) is 16.5 Å². The molecule has 2 aliphatic rings. The first-order chi connectivity index (χ1) is 16.0. The van der Waals surface area contributed by atoms with Gasteiger partial charge in [-0.2, -0.15) is 8.42 Å². The Labute approximate surface area is 208 Å². The molecule has 0 atom stereocenters. The summed E-state index contributed by atoms with van der Waals surface area (Å²) < 4.78 is 35.6. The molecule has 0 bridgehead atoms. The lowest BCUT2D eigenvalue weighted by molar-refractivity contribution is 0.441. The molecule has 1 N–H and O–H groups in total. The van der Waals surface area contributed by atoms with Gasteiger partial charge < -0.3 is 4.90 Å². The smallest absolute Gasteiger partial charge is 0.296 e. The maximum absolute atomic E-state index is 12.3. The molecule has 0 radical (unpaired) electrons. The van der Waals surface area contributed by atoms with E-state index in [0.29, 0.717) is 5.13 Å². The Bertz CT molecular complexity index is 1390. The van der Waals surface area contributed by atoms with Crippen LogP contribution in [0.15, 0.2) is 50.4 Å². The van der Waals surface area contributed by atoms with E-state index in [2.05, 4.69) is 59.9 Å². The van der Waals surface area contributed by atoms with E-state index in [-0.39, 0.29) is 22.0 Å². The molecule has 0 amide bonds. The normalized spacial score (nSPS) is 18.2. The highest BCUT2D eigenvalue weighted by atomic mass is 32.2. The molecule has 1 aromatic heterocycles. The molecule has 0 spiro atoms. The van der Waals surface area contributed by atoms with Crippen molar-refractivity contribution in [3.8, 4) is 0 Å². The molecule has 10 heteroatoms. The minimum Gasteiger partial charge on any atom is -0.369 e. The largest absolute Gasteiger partial charge is 0.369 e. The molecule has 1 aliphatic carbocycles. The van der Waals surface area contributed by atoms with Crippen LogP contribution in [0.2, 0.25) is 0 Å². The molecular weight excluding hydrogens is 488 g/mol. The van der Waals surface area contributed by atoms with Crippen molar-refractivity contribution < 1.29 is 13.0 Å². The lowest BCUT2D eigenvalue weighted by atomic mass is 9.77. The van der Waals surface area contributed by atoms with Gasteiger partial charge in [0.2, 0.25) is 5.13 Å². The zero-order valence-electron chi connectivity index (χ0n) is 19.6. The molecule has 2 aromatic carbocycles. The number of anilines is 1. The summed E-state index contributed by atoms with van der Waals surface area (Å²) in [4.78, 5) is 7.69. The fourth-order valence-corrected chi connectivity index (χ4v) is 6.91. The van der Waals surface area contributed by atoms with Crippen molar-refractivity contribution in [3.05, 3.63) is 35.9 Å². The Morgan fingerprint density at radius 3 is 2.65 bits per heavy atom. The summed E-state index contributed by atoms with van der Waals surface area (Å²) in [5.74, 6) is 0. The quantitative estimate of drug-likeness (QED) is 0.277. The summed E-state index contributed by atoms with van der Waals surface area (Å²) in [5, 5.41) is 9.73. The van der Waals surface area contributed by atoms with Gasteiger partial charge in [-0.15, -0.1) is 22.0 Å². The number of fused-ring (bicyclic) bond motifs is 2. The zero-order valence-corrected chi connectivity index (χ0v) is 22.1. The van der Waals surface area contributed by atoms with Gasteiger partial charge >= 0.3 is 0 Å². The maximum Gasteiger partial charge on any atom is 0.296 e. The first-order valence-electron chi connectivity index (χ1n) is 11.4. The van der Waals surface area contributed by atoms with Gasteiger partial charge in [-0.05, 0) is 74.4 Å². The van der Waals surface area contributed by atoms with Crippen LogP contribution in [0.5, 0.6) is 0 Å². The fraction of sp³-hybridized carbons (Fsp3) is 0.458. The van der Waals surface area contributed by atoms with E-state index in [1.165, 1.54) is 29.1 Å². The second kappa shape index (κ2) is 8.58. The first kappa shape index (κ1) is 23.7. The molecule has 3 aromatic rings. The standard InChI is InChI=1S/C24H28N4O3S3/c1-14(2)28-10-9-24(3,4)17-12-19(22(13-20(17)28)34(29,30)31)26-27-23-25-18-8-7-16(11-21(18)33-23)32-15-5-6-15/h7-8,11-15H,5-6,9-10H2,1-4H3,(H,29,30,31). The minimum absolute atomic E-state index is 0.129. The SMILES string of the molecule is CC(C)N1CCC(C)(C)c2cc(N=Nc3nc4ccc(SC5CC5)cc4s3)c(S(=O)(=O)O)cc21. The predicted octanol–water partition coefficient (Wildman–Crippen LogP) is 7.11. The summed E-state index contributed by atoms with van der Waals surface area (Å²) in [5.41, 5.74) is 2.63. The number of hydrogen-bond donors (Lipinski definition) is 1. The average molecular weight is 517 g/mol. The van der Waals surface area contributed by atoms with Crippen LogP contribution in [0, 0.1) is 0 Å². The number of benzene rings is 2. The molecule has 5 rings (SSSR count). The van der Waals surface area contributed by atoms with Crippen molar-refractivity contribution in [1.82, 2.24) is 4.98 Å². The summed E-state index contributed by atoms with van der Waals surface area (Å²) >= 11 is 3.31. The highest BCUT2D eigenvalue weighted by Crippen LogP contribution is 2.45. The number of nitrogens with zero attached hydrogens (tertiary/aromatic N) is 4. The molecule has 0 saturated heterocycles. The molecule has 0 unspecified atom stereocenters. The minimum atomic E-state index is -4.49. The number of thioether (sulfide) groups is 1. The van der Waals surface area contributed by atoms with Gasteiger partial charge in [-0.25, -0.2) is 4.98 Å². The van der Waals surface area contributed by atoms with E-state index in [4.69, 9.17) is 0 Å². The number of azo groups is 1. The second-order valence-corrected chi connectivity index (χ2v) is 13.6.